The summed E-state index contributed by atoms with van der Waals surface area (Å²) in [5.41, 5.74) is 3.00. The lowest BCUT2D eigenvalue weighted by Crippen LogP contribution is -2.31. The highest BCUT2D eigenvalue weighted by atomic mass is 35.5. The van der Waals surface area contributed by atoms with Gasteiger partial charge in [-0.3, -0.25) is 4.79 Å². The summed E-state index contributed by atoms with van der Waals surface area (Å²) < 4.78 is 0. The summed E-state index contributed by atoms with van der Waals surface area (Å²) in [5, 5.41) is 3.63. The summed E-state index contributed by atoms with van der Waals surface area (Å²) in [6, 6.07) is 5.87. The zero-order chi connectivity index (χ0) is 14.1. The first-order valence-corrected chi connectivity index (χ1v) is 6.65. The molecule has 0 aliphatic carbocycles. The molecule has 6 heteroatoms. The fourth-order valence-corrected chi connectivity index (χ4v) is 2.43. The smallest absolute Gasteiger partial charge is 0.227 e. The Hall–Kier alpha value is -2.14. The van der Waals surface area contributed by atoms with Crippen LogP contribution in [-0.4, -0.2) is 22.9 Å². The van der Waals surface area contributed by atoms with Crippen LogP contribution in [-0.2, 0) is 11.2 Å². The summed E-state index contributed by atoms with van der Waals surface area (Å²) in [6.07, 6.45) is 4.29. The Bertz CT molecular complexity index is 674. The van der Waals surface area contributed by atoms with Crippen molar-refractivity contribution in [3.63, 3.8) is 0 Å². The number of aryl methyl sites for hydroxylation is 1. The topological polar surface area (TPSA) is 58.1 Å². The average molecular weight is 289 g/mol. The molecule has 0 fully saturated rings. The Morgan fingerprint density at radius 2 is 2.20 bits per heavy atom. The van der Waals surface area contributed by atoms with Crippen LogP contribution in [0.5, 0.6) is 0 Å². The number of rotatable bonds is 2. The van der Waals surface area contributed by atoms with Gasteiger partial charge in [0.15, 0.2) is 5.82 Å². The number of anilines is 3. The monoisotopic (exact) mass is 288 g/mol. The van der Waals surface area contributed by atoms with Gasteiger partial charge in [-0.25, -0.2) is 9.97 Å². The van der Waals surface area contributed by atoms with E-state index in [2.05, 4.69) is 15.3 Å². The van der Waals surface area contributed by atoms with E-state index in [0.29, 0.717) is 17.3 Å². The first kappa shape index (κ1) is 12.9. The van der Waals surface area contributed by atoms with E-state index in [4.69, 9.17) is 11.6 Å². The lowest BCUT2D eigenvalue weighted by molar-refractivity contribution is -0.118. The number of halogens is 1. The molecular weight excluding hydrogens is 276 g/mol. The molecule has 1 aliphatic rings. The largest absolute Gasteiger partial charge is 0.339 e. The fraction of sp³-hybridized carbons (Fsp3) is 0.214. The molecule has 5 nitrogen and oxygen atoms in total. The number of carbonyl (C=O) groups is 1. The number of hydrogen-bond acceptors (Lipinski definition) is 4. The van der Waals surface area contributed by atoms with Crippen molar-refractivity contribution in [3.8, 4) is 0 Å². The lowest BCUT2D eigenvalue weighted by atomic mass is 10.0. The summed E-state index contributed by atoms with van der Waals surface area (Å²) in [4.78, 5) is 21.3. The number of carbonyl (C=O) groups excluding carboxylic acids is 1. The van der Waals surface area contributed by atoms with Crippen molar-refractivity contribution in [3.05, 3.63) is 41.3 Å². The molecule has 102 valence electrons. The van der Waals surface area contributed by atoms with Crippen molar-refractivity contribution in [1.29, 1.82) is 0 Å². The molecule has 0 spiro atoms. The number of nitrogens with zero attached hydrogens (tertiary/aromatic N) is 3. The van der Waals surface area contributed by atoms with Gasteiger partial charge in [-0.1, -0.05) is 11.6 Å². The maximum absolute atomic E-state index is 11.7. The van der Waals surface area contributed by atoms with Gasteiger partial charge in [0.05, 0.1) is 6.20 Å². The predicted molar refractivity (Wildman–Crippen MR) is 78.5 cm³/mol. The van der Waals surface area contributed by atoms with E-state index in [-0.39, 0.29) is 5.91 Å². The lowest BCUT2D eigenvalue weighted by Gasteiger charge is -2.26. The number of benzene rings is 1. The van der Waals surface area contributed by atoms with Gasteiger partial charge in [-0.2, -0.15) is 0 Å². The molecule has 0 unspecified atom stereocenters. The van der Waals surface area contributed by atoms with Crippen molar-refractivity contribution in [1.82, 2.24) is 9.97 Å². The van der Waals surface area contributed by atoms with Gasteiger partial charge in [-0.15, -0.1) is 0 Å². The number of aromatic nitrogens is 2. The Morgan fingerprint density at radius 1 is 1.35 bits per heavy atom. The normalized spacial score (nSPS) is 14.1. The Kier molecular flexibility index (Phi) is 3.28. The van der Waals surface area contributed by atoms with Crippen molar-refractivity contribution in [2.45, 2.75) is 12.8 Å². The highest BCUT2D eigenvalue weighted by Crippen LogP contribution is 2.30. The molecule has 0 bridgehead atoms. The first-order chi connectivity index (χ1) is 9.65. The second kappa shape index (κ2) is 5.09. The van der Waals surface area contributed by atoms with E-state index >= 15 is 0 Å². The first-order valence-electron chi connectivity index (χ1n) is 6.27. The Labute approximate surface area is 121 Å². The predicted octanol–water partition coefficient (Wildman–Crippen LogP) is 2.78. The van der Waals surface area contributed by atoms with Crippen LogP contribution >= 0.6 is 11.6 Å². The second-order valence-electron chi connectivity index (χ2n) is 4.64. The van der Waals surface area contributed by atoms with Crippen LogP contribution in [0.4, 0.5) is 17.2 Å². The Morgan fingerprint density at radius 3 is 3.00 bits per heavy atom. The van der Waals surface area contributed by atoms with Crippen LogP contribution in [0.1, 0.15) is 12.0 Å². The molecule has 20 heavy (non-hydrogen) atoms. The summed E-state index contributed by atoms with van der Waals surface area (Å²) in [6.45, 7) is 0. The number of hydrogen-bond donors (Lipinski definition) is 1. The molecule has 0 saturated carbocycles. The van der Waals surface area contributed by atoms with Crippen molar-refractivity contribution in [2.75, 3.05) is 17.3 Å². The van der Waals surface area contributed by atoms with E-state index in [1.165, 1.54) is 6.33 Å². The highest BCUT2D eigenvalue weighted by Gasteiger charge is 2.20. The van der Waals surface area contributed by atoms with Crippen LogP contribution in [0.2, 0.25) is 5.02 Å². The molecule has 1 aliphatic heterocycles. The van der Waals surface area contributed by atoms with Crippen molar-refractivity contribution < 1.29 is 4.79 Å². The van der Waals surface area contributed by atoms with Gasteiger partial charge in [-0.05, 0) is 30.2 Å². The standard InChI is InChI=1S/C14H13ClN4O/c1-19-12-4-3-10(6-9(12)2-5-13(19)20)18-14-11(15)7-16-8-17-14/h3-4,6-8H,2,5H2,1H3,(H,16,17,18). The van der Waals surface area contributed by atoms with Crippen molar-refractivity contribution in [2.24, 2.45) is 0 Å². The van der Waals surface area contributed by atoms with Gasteiger partial charge in [0.2, 0.25) is 5.91 Å². The quantitative estimate of drug-likeness (QED) is 0.923. The number of amides is 1. The van der Waals surface area contributed by atoms with E-state index < -0.39 is 0 Å². The molecular formula is C14H13ClN4O. The van der Waals surface area contributed by atoms with Crippen LogP contribution in [0.15, 0.2) is 30.7 Å². The number of fused-ring (bicyclic) bond motifs is 1. The van der Waals surface area contributed by atoms with Gasteiger partial charge in [0, 0.05) is 24.8 Å². The van der Waals surface area contributed by atoms with Crippen LogP contribution in [0.3, 0.4) is 0 Å². The average Bonchev–Trinajstić information content (AvgIpc) is 2.46. The molecule has 1 N–H and O–H groups in total. The maximum atomic E-state index is 11.7. The maximum Gasteiger partial charge on any atom is 0.227 e. The molecule has 1 amide bonds. The van der Waals surface area contributed by atoms with Crippen LogP contribution < -0.4 is 10.2 Å². The van der Waals surface area contributed by atoms with Gasteiger partial charge in [0.1, 0.15) is 11.3 Å². The minimum Gasteiger partial charge on any atom is -0.339 e. The minimum atomic E-state index is 0.150. The van der Waals surface area contributed by atoms with Gasteiger partial charge < -0.3 is 10.2 Å². The third-order valence-electron chi connectivity index (χ3n) is 3.35. The molecule has 3 rings (SSSR count). The SMILES string of the molecule is CN1C(=O)CCc2cc(Nc3ncncc3Cl)ccc21. The summed E-state index contributed by atoms with van der Waals surface area (Å²) in [5.74, 6) is 0.721. The molecule has 1 aromatic carbocycles. The van der Waals surface area contributed by atoms with E-state index in [9.17, 15) is 4.79 Å². The molecule has 2 heterocycles. The number of nitrogens with one attached hydrogen (secondary N) is 1. The molecule has 2 aromatic rings. The van der Waals surface area contributed by atoms with E-state index in [1.54, 1.807) is 18.1 Å². The second-order valence-corrected chi connectivity index (χ2v) is 5.05. The summed E-state index contributed by atoms with van der Waals surface area (Å²) >= 11 is 6.02. The third-order valence-corrected chi connectivity index (χ3v) is 3.63. The van der Waals surface area contributed by atoms with Crippen LogP contribution in [0.25, 0.3) is 0 Å². The van der Waals surface area contributed by atoms with Crippen LogP contribution in [0, 0.1) is 0 Å². The van der Waals surface area contributed by atoms with Gasteiger partial charge in [0.25, 0.3) is 0 Å². The zero-order valence-electron chi connectivity index (χ0n) is 10.9. The van der Waals surface area contributed by atoms with Crippen molar-refractivity contribution >= 4 is 34.7 Å². The zero-order valence-corrected chi connectivity index (χ0v) is 11.7. The van der Waals surface area contributed by atoms with E-state index in [1.807, 2.05) is 18.2 Å². The molecule has 1 aromatic heterocycles. The molecule has 0 atom stereocenters. The van der Waals surface area contributed by atoms with E-state index in [0.717, 1.165) is 23.4 Å². The Balaban J connectivity index is 1.90. The summed E-state index contributed by atoms with van der Waals surface area (Å²) in [7, 11) is 1.80. The molecule has 0 radical (unpaired) electrons. The minimum absolute atomic E-state index is 0.150. The van der Waals surface area contributed by atoms with Gasteiger partial charge >= 0.3 is 0 Å². The third kappa shape index (κ3) is 2.32. The molecule has 0 saturated heterocycles. The highest BCUT2D eigenvalue weighted by molar-refractivity contribution is 6.32. The fourth-order valence-electron chi connectivity index (χ4n) is 2.28.